The maximum atomic E-state index is 12.9. The van der Waals surface area contributed by atoms with Gasteiger partial charge in [0, 0.05) is 214 Å². The molecule has 2 atom stereocenters. The highest BCUT2D eigenvalue weighted by atomic mass is 32.1. The number of nitrogens with one attached hydrogen (secondary N) is 2. The molecule has 2 N–H and O–H groups in total. The minimum absolute atomic E-state index is 0.0501. The lowest BCUT2D eigenvalue weighted by Gasteiger charge is -2.38. The summed E-state index contributed by atoms with van der Waals surface area (Å²) in [5.41, 5.74) is 17.7. The number of anilines is 5. The van der Waals surface area contributed by atoms with E-state index in [1.807, 2.05) is 157 Å². The molecule has 0 aliphatic carbocycles. The first-order valence-electron chi connectivity index (χ1n) is 45.7. The Hall–Kier alpha value is -13.7. The SMILES string of the molecule is Cc1cn(-c2cc(=O)n3cc(N4CCNCC4)ccc3n2)cn1.Cc1cn(-c2cc(=O)n3cc(N4CCN[C@@H](C)C4)ccc3n2)cn1.Cc1nc2cc(-c3cc(=O)n4cc(N5CCCN(C)CC5)ccc4n3)ccc2s1.Cc1nc2cc(-c3cc(=O)n4cc(N5CCN(C)CC5)ccc4n3)ccc2s1.Cc1nc2cc(-c3cc(=O)n4cc(N5CCN6CCC[C@H]6C5)ccc4n3)ccc2s1. The van der Waals surface area contributed by atoms with Crippen LogP contribution in [0.5, 0.6) is 0 Å². The van der Waals surface area contributed by atoms with Crippen molar-refractivity contribution in [3.8, 4) is 45.4 Å². The molecule has 684 valence electrons. The molecule has 0 radical (unpaired) electrons. The molecule has 3 aromatic carbocycles. The Morgan fingerprint density at radius 1 is 0.336 bits per heavy atom. The molecular formula is C99H105N27O5S3. The summed E-state index contributed by atoms with van der Waals surface area (Å²) in [5, 5.41) is 9.87. The number of rotatable bonds is 10. The van der Waals surface area contributed by atoms with Crippen molar-refractivity contribution in [3.05, 3.63) is 280 Å². The first kappa shape index (κ1) is 88.3. The molecule has 0 spiro atoms. The molecule has 0 saturated carbocycles. The third kappa shape index (κ3) is 19.3. The number of aryl methyl sites for hydroxylation is 5. The van der Waals surface area contributed by atoms with Crippen LogP contribution in [-0.2, 0) is 0 Å². The summed E-state index contributed by atoms with van der Waals surface area (Å²) in [6.07, 6.45) is 20.3. The maximum Gasteiger partial charge on any atom is 0.260 e. The molecular weight excluding hydrogens is 1740 g/mol. The molecule has 0 unspecified atom stereocenters. The molecule has 15 aromatic heterocycles. The third-order valence-electron chi connectivity index (χ3n) is 25.6. The van der Waals surface area contributed by atoms with Crippen molar-refractivity contribution in [2.24, 2.45) is 0 Å². The van der Waals surface area contributed by atoms with Gasteiger partial charge in [0.15, 0.2) is 0 Å². The second-order valence-corrected chi connectivity index (χ2v) is 39.0. The van der Waals surface area contributed by atoms with Crippen LogP contribution in [0.1, 0.15) is 52.6 Å². The zero-order chi connectivity index (χ0) is 91.9. The van der Waals surface area contributed by atoms with Crippen LogP contribution in [0.2, 0.25) is 0 Å². The van der Waals surface area contributed by atoms with E-state index in [0.717, 1.165) is 226 Å². The standard InChI is InChI=1S/C23H23N5OS.C22H23N5OS.C21H21N5OS.C17H20N6O.C16H18N6O/c1-15-24-20-11-16(4-6-21(20)30-15)19-12-23(29)28-14-18(5-7-22(28)25-19)27-10-9-26-8-2-3-17(26)13-27;1-15-23-19-12-16(4-6-20(19)29-15)18-13-22(28)27-14-17(5-7-21(27)24-18)26-9-3-8-25(2)10-11-26;1-14-22-18-11-15(3-5-19(18)28-14)17-12-21(27)26-13-16(4-6-20(26)23-17)25-9-7-24(2)8-10-25;1-12-8-21(6-5-18-12)14-3-4-15-20-16(7-17(24)23(15)10-14)22-9-13(2)19-11-22;1-12-9-21(11-18-12)15-8-16(23)22-10-13(2-3-14(22)19-15)20-6-4-17-5-7-20/h4-7,11-12,14,17H,2-3,8-10,13H2,1H3;4-7,12-14H,3,8-11H2,1-2H3;3-6,11-13H,7-10H2,1-2H3;3-4,7,9-12,18H,5-6,8H2,1-2H3;2-3,8-11,17H,4-7H2,1H3/t17-;;;12-;/m0..0./s1. The van der Waals surface area contributed by atoms with Gasteiger partial charge >= 0.3 is 0 Å². The summed E-state index contributed by atoms with van der Waals surface area (Å²) in [7, 11) is 4.29. The zero-order valence-electron chi connectivity index (χ0n) is 76.2. The van der Waals surface area contributed by atoms with Crippen LogP contribution in [0.4, 0.5) is 28.4 Å². The van der Waals surface area contributed by atoms with Crippen molar-refractivity contribution in [2.45, 2.75) is 72.9 Å². The average molecular weight is 1850 g/mol. The molecule has 18 aromatic rings. The monoisotopic (exact) mass is 1850 g/mol. The molecule has 6 aliphatic rings. The van der Waals surface area contributed by atoms with Crippen LogP contribution in [-0.4, -0.2) is 246 Å². The Bertz CT molecular complexity index is 7770. The predicted molar refractivity (Wildman–Crippen MR) is 537 cm³/mol. The highest BCUT2D eigenvalue weighted by Crippen LogP contribution is 2.33. The number of thiazole rings is 3. The van der Waals surface area contributed by atoms with Crippen LogP contribution in [0.3, 0.4) is 0 Å². The highest BCUT2D eigenvalue weighted by Gasteiger charge is 2.31. The molecule has 134 heavy (non-hydrogen) atoms. The Morgan fingerprint density at radius 2 is 0.701 bits per heavy atom. The van der Waals surface area contributed by atoms with E-state index in [4.69, 9.17) is 15.0 Å². The number of imidazole rings is 2. The number of aromatic nitrogens is 17. The van der Waals surface area contributed by atoms with Crippen LogP contribution in [0, 0.1) is 34.6 Å². The van der Waals surface area contributed by atoms with Crippen LogP contribution in [0.15, 0.2) is 226 Å². The average Bonchev–Trinajstić information content (AvgIpc) is 1.26. The Morgan fingerprint density at radius 3 is 1.11 bits per heavy atom. The van der Waals surface area contributed by atoms with Crippen molar-refractivity contribution >= 4 is 121 Å². The first-order chi connectivity index (χ1) is 65.1. The van der Waals surface area contributed by atoms with Crippen molar-refractivity contribution in [1.29, 1.82) is 0 Å². The molecule has 0 amide bonds. The van der Waals surface area contributed by atoms with Crippen LogP contribution in [0.25, 0.3) is 104 Å². The highest BCUT2D eigenvalue weighted by molar-refractivity contribution is 7.19. The number of nitrogens with zero attached hydrogens (tertiary/aromatic N) is 25. The lowest BCUT2D eigenvalue weighted by molar-refractivity contribution is 0.231. The Labute approximate surface area is 783 Å². The van der Waals surface area contributed by atoms with Crippen molar-refractivity contribution in [1.82, 2.24) is 106 Å². The third-order valence-corrected chi connectivity index (χ3v) is 28.5. The van der Waals surface area contributed by atoms with E-state index in [-0.39, 0.29) is 27.8 Å². The summed E-state index contributed by atoms with van der Waals surface area (Å²) in [6.45, 7) is 31.1. The van der Waals surface area contributed by atoms with Gasteiger partial charge in [-0.1, -0.05) is 18.2 Å². The van der Waals surface area contributed by atoms with Gasteiger partial charge in [-0.25, -0.2) is 49.8 Å². The van der Waals surface area contributed by atoms with Gasteiger partial charge in [0.1, 0.15) is 52.5 Å². The molecule has 32 nitrogen and oxygen atoms in total. The van der Waals surface area contributed by atoms with E-state index in [1.165, 1.54) is 31.5 Å². The Balaban J connectivity index is 0.000000104. The van der Waals surface area contributed by atoms with Gasteiger partial charge in [0.2, 0.25) is 0 Å². The predicted octanol–water partition coefficient (Wildman–Crippen LogP) is 11.6. The van der Waals surface area contributed by atoms with Gasteiger partial charge in [-0.2, -0.15) is 0 Å². The largest absolute Gasteiger partial charge is 0.369 e. The Kier molecular flexibility index (Phi) is 25.1. The van der Waals surface area contributed by atoms with E-state index in [0.29, 0.717) is 69.0 Å². The summed E-state index contributed by atoms with van der Waals surface area (Å²) < 4.78 is 15.2. The fourth-order valence-electron chi connectivity index (χ4n) is 18.5. The summed E-state index contributed by atoms with van der Waals surface area (Å²) in [4.78, 5) is 128. The van der Waals surface area contributed by atoms with E-state index in [9.17, 15) is 24.0 Å². The van der Waals surface area contributed by atoms with Gasteiger partial charge in [-0.05, 0) is 185 Å². The fraction of sp³-hybridized carbons (Fsp3) is 0.323. The minimum atomic E-state index is -0.0913. The van der Waals surface area contributed by atoms with E-state index < -0.39 is 0 Å². The molecule has 0 bridgehead atoms. The zero-order valence-corrected chi connectivity index (χ0v) is 78.7. The molecule has 6 fully saturated rings. The van der Waals surface area contributed by atoms with Crippen molar-refractivity contribution < 1.29 is 0 Å². The van der Waals surface area contributed by atoms with E-state index >= 15 is 0 Å². The molecule has 21 heterocycles. The normalized spacial score (nSPS) is 17.0. The number of likely N-dealkylation sites (N-methyl/N-ethyl adjacent to an activating group) is 2. The summed E-state index contributed by atoms with van der Waals surface area (Å²) >= 11 is 5.02. The quantitative estimate of drug-likeness (QED) is 0.129. The number of pyridine rings is 5. The van der Waals surface area contributed by atoms with Crippen LogP contribution < -0.4 is 62.9 Å². The maximum absolute atomic E-state index is 12.9. The molecule has 24 rings (SSSR count). The lowest BCUT2D eigenvalue weighted by atomic mass is 10.1. The lowest BCUT2D eigenvalue weighted by Crippen LogP contribution is -2.50. The summed E-state index contributed by atoms with van der Waals surface area (Å²) in [5.74, 6) is 1.18. The second kappa shape index (κ2) is 38.1. The minimum Gasteiger partial charge on any atom is -0.369 e. The van der Waals surface area contributed by atoms with E-state index in [2.05, 4.69) is 142 Å². The van der Waals surface area contributed by atoms with Crippen molar-refractivity contribution in [2.75, 3.05) is 163 Å². The van der Waals surface area contributed by atoms with Gasteiger partial charge < -0.3 is 44.9 Å². The number of fused-ring (bicyclic) bond motifs is 9. The number of benzene rings is 3. The fourth-order valence-corrected chi connectivity index (χ4v) is 20.9. The van der Waals surface area contributed by atoms with Gasteiger partial charge in [0.25, 0.3) is 27.8 Å². The van der Waals surface area contributed by atoms with Crippen LogP contribution >= 0.6 is 34.0 Å². The number of hydrogen-bond donors (Lipinski definition) is 2. The molecule has 6 saturated heterocycles. The summed E-state index contributed by atoms with van der Waals surface area (Å²) in [6, 6.07) is 47.2. The number of hydrogen-bond acceptors (Lipinski definition) is 28. The van der Waals surface area contributed by atoms with Gasteiger partial charge in [-0.15, -0.1) is 34.0 Å². The van der Waals surface area contributed by atoms with Crippen molar-refractivity contribution in [3.63, 3.8) is 0 Å². The smallest absolute Gasteiger partial charge is 0.260 e. The van der Waals surface area contributed by atoms with E-state index in [1.54, 1.807) is 96.0 Å². The molecule has 35 heteroatoms. The molecule has 6 aliphatic heterocycles. The number of piperazine rings is 4. The van der Waals surface area contributed by atoms with Gasteiger partial charge in [0.05, 0.1) is 103 Å². The topological polar surface area (TPSA) is 296 Å². The first-order valence-corrected chi connectivity index (χ1v) is 48.1. The second-order valence-electron chi connectivity index (χ2n) is 35.3. The van der Waals surface area contributed by atoms with Gasteiger partial charge in [-0.3, -0.25) is 60.0 Å².